The van der Waals surface area contributed by atoms with Gasteiger partial charge in [0.1, 0.15) is 18.0 Å². The maximum atomic E-state index is 10.7. The zero-order valence-electron chi connectivity index (χ0n) is 8.42. The highest BCUT2D eigenvalue weighted by Gasteiger charge is 2.05. The number of carbonyl (C=O) groups is 1. The fourth-order valence-corrected chi connectivity index (χ4v) is 1.51. The fourth-order valence-electron chi connectivity index (χ4n) is 1.51. The number of rotatable bonds is 2. The first-order chi connectivity index (χ1) is 7.85. The van der Waals surface area contributed by atoms with Crippen LogP contribution in [-0.4, -0.2) is 11.3 Å². The van der Waals surface area contributed by atoms with Crippen molar-refractivity contribution in [3.63, 3.8) is 0 Å². The van der Waals surface area contributed by atoms with Crippen molar-refractivity contribution < 1.29 is 4.79 Å². The number of nitrogens with zero attached hydrogens (tertiary/aromatic N) is 2. The number of nitriles is 1. The van der Waals surface area contributed by atoms with E-state index in [9.17, 15) is 4.79 Å². The zero-order valence-corrected chi connectivity index (χ0v) is 8.42. The highest BCUT2D eigenvalue weighted by Crippen LogP contribution is 2.22. The van der Waals surface area contributed by atoms with Gasteiger partial charge in [0.15, 0.2) is 0 Å². The van der Waals surface area contributed by atoms with Gasteiger partial charge < -0.3 is 0 Å². The van der Waals surface area contributed by atoms with Crippen molar-refractivity contribution in [3.8, 4) is 17.2 Å². The second-order valence-electron chi connectivity index (χ2n) is 3.25. The molecule has 3 heteroatoms. The van der Waals surface area contributed by atoms with Crippen LogP contribution in [0.5, 0.6) is 0 Å². The SMILES string of the molecule is N#Cc1ncccc1-c1cccc(C=O)c1. The third-order valence-corrected chi connectivity index (χ3v) is 2.25. The molecule has 0 amide bonds. The maximum absolute atomic E-state index is 10.7. The van der Waals surface area contributed by atoms with Gasteiger partial charge in [-0.3, -0.25) is 4.79 Å². The van der Waals surface area contributed by atoms with Gasteiger partial charge >= 0.3 is 0 Å². The molecule has 1 aromatic carbocycles. The average Bonchev–Trinajstić information content (AvgIpc) is 2.38. The molecule has 1 heterocycles. The standard InChI is InChI=1S/C13H8N2O/c14-8-13-12(5-2-6-15-13)11-4-1-3-10(7-11)9-16/h1-7,9H. The normalized spacial score (nSPS) is 9.44. The second kappa shape index (κ2) is 4.37. The van der Waals surface area contributed by atoms with Crippen molar-refractivity contribution in [1.29, 1.82) is 5.26 Å². The molecule has 0 aliphatic rings. The molecule has 0 bridgehead atoms. The van der Waals surface area contributed by atoms with E-state index in [1.807, 2.05) is 18.2 Å². The number of hydrogen-bond acceptors (Lipinski definition) is 3. The van der Waals surface area contributed by atoms with E-state index in [4.69, 9.17) is 5.26 Å². The van der Waals surface area contributed by atoms with Crippen molar-refractivity contribution in [1.82, 2.24) is 4.98 Å². The molecule has 3 nitrogen and oxygen atoms in total. The van der Waals surface area contributed by atoms with E-state index in [2.05, 4.69) is 4.98 Å². The van der Waals surface area contributed by atoms with Crippen LogP contribution in [0.3, 0.4) is 0 Å². The summed E-state index contributed by atoms with van der Waals surface area (Å²) >= 11 is 0. The Morgan fingerprint density at radius 2 is 2.12 bits per heavy atom. The van der Waals surface area contributed by atoms with Crippen molar-refractivity contribution >= 4 is 6.29 Å². The number of hydrogen-bond donors (Lipinski definition) is 0. The van der Waals surface area contributed by atoms with Crippen LogP contribution in [0.1, 0.15) is 16.1 Å². The largest absolute Gasteiger partial charge is 0.298 e. The minimum absolute atomic E-state index is 0.366. The van der Waals surface area contributed by atoms with E-state index < -0.39 is 0 Å². The summed E-state index contributed by atoms with van der Waals surface area (Å²) in [4.78, 5) is 14.6. The van der Waals surface area contributed by atoms with Gasteiger partial charge in [0.2, 0.25) is 0 Å². The summed E-state index contributed by atoms with van der Waals surface area (Å²) in [6, 6.07) is 12.7. The molecule has 0 N–H and O–H groups in total. The van der Waals surface area contributed by atoms with Crippen LogP contribution < -0.4 is 0 Å². The predicted octanol–water partition coefficient (Wildman–Crippen LogP) is 2.43. The van der Waals surface area contributed by atoms with Crippen LogP contribution in [0, 0.1) is 11.3 Å². The lowest BCUT2D eigenvalue weighted by molar-refractivity contribution is 0.112. The van der Waals surface area contributed by atoms with E-state index >= 15 is 0 Å². The van der Waals surface area contributed by atoms with Gasteiger partial charge in [0, 0.05) is 17.3 Å². The summed E-state index contributed by atoms with van der Waals surface area (Å²) in [6.07, 6.45) is 2.36. The molecular formula is C13H8N2O. The lowest BCUT2D eigenvalue weighted by atomic mass is 10.0. The third kappa shape index (κ3) is 1.82. The summed E-state index contributed by atoms with van der Waals surface area (Å²) in [7, 11) is 0. The van der Waals surface area contributed by atoms with Gasteiger partial charge in [-0.2, -0.15) is 5.26 Å². The maximum Gasteiger partial charge on any atom is 0.150 e. The Hall–Kier alpha value is -2.47. The van der Waals surface area contributed by atoms with Gasteiger partial charge in [0.25, 0.3) is 0 Å². The van der Waals surface area contributed by atoms with Crippen LogP contribution >= 0.6 is 0 Å². The Morgan fingerprint density at radius 1 is 1.25 bits per heavy atom. The highest BCUT2D eigenvalue weighted by atomic mass is 16.1. The molecule has 0 spiro atoms. The highest BCUT2D eigenvalue weighted by molar-refractivity contribution is 5.79. The van der Waals surface area contributed by atoms with E-state index in [1.165, 1.54) is 0 Å². The van der Waals surface area contributed by atoms with Crippen LogP contribution in [0.25, 0.3) is 11.1 Å². The molecule has 0 atom stereocenters. The Balaban J connectivity index is 2.59. The van der Waals surface area contributed by atoms with Gasteiger partial charge in [-0.25, -0.2) is 4.98 Å². The van der Waals surface area contributed by atoms with Crippen LogP contribution in [-0.2, 0) is 0 Å². The first-order valence-electron chi connectivity index (χ1n) is 4.76. The van der Waals surface area contributed by atoms with Gasteiger partial charge in [-0.1, -0.05) is 18.2 Å². The van der Waals surface area contributed by atoms with Crippen LogP contribution in [0.15, 0.2) is 42.6 Å². The van der Waals surface area contributed by atoms with E-state index in [0.29, 0.717) is 11.3 Å². The lowest BCUT2D eigenvalue weighted by Crippen LogP contribution is -1.89. The molecule has 0 aliphatic heterocycles. The Kier molecular flexibility index (Phi) is 2.75. The van der Waals surface area contributed by atoms with Gasteiger partial charge in [-0.15, -0.1) is 0 Å². The Bertz CT molecular complexity index is 570. The zero-order chi connectivity index (χ0) is 11.4. The molecule has 0 fully saturated rings. The monoisotopic (exact) mass is 208 g/mol. The number of benzene rings is 1. The summed E-state index contributed by atoms with van der Waals surface area (Å²) in [5.41, 5.74) is 2.53. The van der Waals surface area contributed by atoms with Crippen molar-refractivity contribution in [2.45, 2.75) is 0 Å². The molecule has 0 saturated carbocycles. The average molecular weight is 208 g/mol. The number of carbonyl (C=O) groups excluding carboxylic acids is 1. The molecule has 2 rings (SSSR count). The van der Waals surface area contributed by atoms with Crippen molar-refractivity contribution in [2.24, 2.45) is 0 Å². The Morgan fingerprint density at radius 3 is 2.88 bits per heavy atom. The topological polar surface area (TPSA) is 53.8 Å². The molecule has 76 valence electrons. The first kappa shape index (κ1) is 10.1. The van der Waals surface area contributed by atoms with Crippen LogP contribution in [0.4, 0.5) is 0 Å². The molecule has 0 radical (unpaired) electrons. The minimum atomic E-state index is 0.366. The summed E-state index contributed by atoms with van der Waals surface area (Å²) < 4.78 is 0. The van der Waals surface area contributed by atoms with E-state index in [1.54, 1.807) is 30.5 Å². The molecule has 2 aromatic rings. The summed E-state index contributed by atoms with van der Waals surface area (Å²) in [5.74, 6) is 0. The lowest BCUT2D eigenvalue weighted by Gasteiger charge is -2.03. The molecule has 0 saturated heterocycles. The molecule has 0 unspecified atom stereocenters. The smallest absolute Gasteiger partial charge is 0.150 e. The van der Waals surface area contributed by atoms with Crippen molar-refractivity contribution in [3.05, 3.63) is 53.9 Å². The number of aldehydes is 1. The second-order valence-corrected chi connectivity index (χ2v) is 3.25. The molecule has 0 aliphatic carbocycles. The van der Waals surface area contributed by atoms with Gasteiger partial charge in [0.05, 0.1) is 0 Å². The van der Waals surface area contributed by atoms with Crippen LogP contribution in [0.2, 0.25) is 0 Å². The minimum Gasteiger partial charge on any atom is -0.298 e. The van der Waals surface area contributed by atoms with Gasteiger partial charge in [-0.05, 0) is 23.8 Å². The fraction of sp³-hybridized carbons (Fsp3) is 0. The summed E-state index contributed by atoms with van der Waals surface area (Å²) in [6.45, 7) is 0. The summed E-state index contributed by atoms with van der Waals surface area (Å²) in [5, 5.41) is 8.92. The number of pyridine rings is 1. The molecule has 16 heavy (non-hydrogen) atoms. The van der Waals surface area contributed by atoms with E-state index in [-0.39, 0.29) is 0 Å². The third-order valence-electron chi connectivity index (χ3n) is 2.25. The quantitative estimate of drug-likeness (QED) is 0.712. The molecule has 1 aromatic heterocycles. The Labute approximate surface area is 93.0 Å². The predicted molar refractivity (Wildman–Crippen MR) is 59.8 cm³/mol. The first-order valence-corrected chi connectivity index (χ1v) is 4.76. The van der Waals surface area contributed by atoms with Crippen molar-refractivity contribution in [2.75, 3.05) is 0 Å². The molecular weight excluding hydrogens is 200 g/mol. The number of aromatic nitrogens is 1. The van der Waals surface area contributed by atoms with E-state index in [0.717, 1.165) is 17.4 Å².